The van der Waals surface area contributed by atoms with E-state index in [9.17, 15) is 9.18 Å². The van der Waals surface area contributed by atoms with Crippen LogP contribution in [0, 0.1) is 9.39 Å². The number of hydrogen-bond donors (Lipinski definition) is 1. The number of nitrogens with zero attached hydrogens (tertiary/aromatic N) is 2. The Morgan fingerprint density at radius 2 is 1.95 bits per heavy atom. The minimum absolute atomic E-state index is 0.159. The van der Waals surface area contributed by atoms with Crippen molar-refractivity contribution in [2.45, 2.75) is 0 Å². The van der Waals surface area contributed by atoms with Gasteiger partial charge in [-0.05, 0) is 59.0 Å². The molecule has 0 fully saturated rings. The van der Waals surface area contributed by atoms with Gasteiger partial charge in [-0.3, -0.25) is 4.79 Å². The molecule has 0 radical (unpaired) electrons. The SMILES string of the molecule is O=C(Nc1ccc(I)cc1F)c1ccc2nsnc2c1. The highest BCUT2D eigenvalue weighted by molar-refractivity contribution is 14.1. The van der Waals surface area contributed by atoms with E-state index >= 15 is 0 Å². The molecule has 1 heterocycles. The van der Waals surface area contributed by atoms with Crippen molar-refractivity contribution in [3.05, 3.63) is 51.3 Å². The second kappa shape index (κ2) is 5.41. The van der Waals surface area contributed by atoms with Gasteiger partial charge in [-0.2, -0.15) is 8.75 Å². The summed E-state index contributed by atoms with van der Waals surface area (Å²) in [6.07, 6.45) is 0. The molecule has 1 N–H and O–H groups in total. The fourth-order valence-electron chi connectivity index (χ4n) is 1.71. The van der Waals surface area contributed by atoms with Crippen molar-refractivity contribution in [3.8, 4) is 0 Å². The van der Waals surface area contributed by atoms with E-state index in [2.05, 4.69) is 14.1 Å². The number of carbonyl (C=O) groups excluding carboxylic acids is 1. The molecular formula is C13H7FIN3OS. The molecule has 0 aliphatic carbocycles. The van der Waals surface area contributed by atoms with Gasteiger partial charge in [0.2, 0.25) is 0 Å². The van der Waals surface area contributed by atoms with Crippen LogP contribution in [-0.2, 0) is 0 Å². The molecule has 1 aromatic heterocycles. The first-order valence-corrected chi connectivity index (χ1v) is 7.43. The lowest BCUT2D eigenvalue weighted by molar-refractivity contribution is 0.102. The number of aromatic nitrogens is 2. The Labute approximate surface area is 131 Å². The molecular weight excluding hydrogens is 392 g/mol. The van der Waals surface area contributed by atoms with Gasteiger partial charge in [0.15, 0.2) is 0 Å². The van der Waals surface area contributed by atoms with E-state index in [1.807, 2.05) is 22.6 Å². The third kappa shape index (κ3) is 2.63. The number of hydrogen-bond acceptors (Lipinski definition) is 4. The molecule has 4 nitrogen and oxygen atoms in total. The summed E-state index contributed by atoms with van der Waals surface area (Å²) < 4.78 is 22.6. The Morgan fingerprint density at radius 3 is 2.75 bits per heavy atom. The van der Waals surface area contributed by atoms with E-state index in [-0.39, 0.29) is 11.6 Å². The van der Waals surface area contributed by atoms with Crippen molar-refractivity contribution in [2.24, 2.45) is 0 Å². The summed E-state index contributed by atoms with van der Waals surface area (Å²) in [6.45, 7) is 0. The summed E-state index contributed by atoms with van der Waals surface area (Å²) >= 11 is 3.10. The molecule has 0 saturated heterocycles. The topological polar surface area (TPSA) is 54.9 Å². The van der Waals surface area contributed by atoms with Crippen LogP contribution < -0.4 is 5.32 Å². The van der Waals surface area contributed by atoms with Gasteiger partial charge in [0.1, 0.15) is 16.9 Å². The maximum atomic E-state index is 13.7. The first kappa shape index (κ1) is 13.4. The molecule has 3 aromatic rings. The molecule has 0 aliphatic rings. The molecule has 20 heavy (non-hydrogen) atoms. The summed E-state index contributed by atoms with van der Waals surface area (Å²) in [6, 6.07) is 9.63. The van der Waals surface area contributed by atoms with Crippen LogP contribution in [0.5, 0.6) is 0 Å². The Hall–Kier alpha value is -1.61. The molecule has 3 rings (SSSR count). The predicted molar refractivity (Wildman–Crippen MR) is 84.5 cm³/mol. The van der Waals surface area contributed by atoms with E-state index < -0.39 is 5.82 Å². The maximum Gasteiger partial charge on any atom is 0.255 e. The van der Waals surface area contributed by atoms with E-state index in [1.165, 1.54) is 12.1 Å². The zero-order valence-corrected chi connectivity index (χ0v) is 12.9. The van der Waals surface area contributed by atoms with Crippen LogP contribution in [0.3, 0.4) is 0 Å². The van der Waals surface area contributed by atoms with Gasteiger partial charge in [0.05, 0.1) is 17.4 Å². The van der Waals surface area contributed by atoms with E-state index in [0.717, 1.165) is 20.8 Å². The van der Waals surface area contributed by atoms with Gasteiger partial charge < -0.3 is 5.32 Å². The molecule has 1 amide bonds. The highest BCUT2D eigenvalue weighted by Gasteiger charge is 2.11. The third-order valence-corrected chi connectivity index (χ3v) is 3.92. The minimum Gasteiger partial charge on any atom is -0.319 e. The Morgan fingerprint density at radius 1 is 1.15 bits per heavy atom. The number of fused-ring (bicyclic) bond motifs is 1. The predicted octanol–water partition coefficient (Wildman–Crippen LogP) is 3.69. The lowest BCUT2D eigenvalue weighted by atomic mass is 10.2. The van der Waals surface area contributed by atoms with Crippen LogP contribution >= 0.6 is 34.3 Å². The van der Waals surface area contributed by atoms with Crippen molar-refractivity contribution < 1.29 is 9.18 Å². The van der Waals surface area contributed by atoms with Crippen LogP contribution in [0.4, 0.5) is 10.1 Å². The molecule has 0 unspecified atom stereocenters. The summed E-state index contributed by atoms with van der Waals surface area (Å²) in [4.78, 5) is 12.1. The average Bonchev–Trinajstić information content (AvgIpc) is 2.89. The standard InChI is InChI=1S/C13H7FIN3OS/c14-9-6-8(15)2-4-10(9)16-13(19)7-1-3-11-12(5-7)18-20-17-11/h1-6H,(H,16,19). The second-order valence-electron chi connectivity index (χ2n) is 4.05. The molecule has 0 aliphatic heterocycles. The molecule has 0 bridgehead atoms. The number of benzene rings is 2. The Bertz CT molecular complexity index is 805. The lowest BCUT2D eigenvalue weighted by Crippen LogP contribution is -2.13. The van der Waals surface area contributed by atoms with Gasteiger partial charge in [0.25, 0.3) is 5.91 Å². The van der Waals surface area contributed by atoms with Gasteiger partial charge in [0, 0.05) is 9.13 Å². The highest BCUT2D eigenvalue weighted by Crippen LogP contribution is 2.19. The fourth-order valence-corrected chi connectivity index (χ4v) is 2.68. The minimum atomic E-state index is -0.457. The Balaban J connectivity index is 1.88. The normalized spacial score (nSPS) is 10.7. The summed E-state index contributed by atoms with van der Waals surface area (Å²) in [5.74, 6) is -0.832. The van der Waals surface area contributed by atoms with Crippen molar-refractivity contribution in [1.29, 1.82) is 0 Å². The summed E-state index contributed by atoms with van der Waals surface area (Å²) in [5, 5.41) is 2.55. The van der Waals surface area contributed by atoms with E-state index in [0.29, 0.717) is 11.1 Å². The lowest BCUT2D eigenvalue weighted by Gasteiger charge is -2.06. The van der Waals surface area contributed by atoms with Crippen molar-refractivity contribution >= 4 is 56.9 Å². The van der Waals surface area contributed by atoms with E-state index in [4.69, 9.17) is 0 Å². The fraction of sp³-hybridized carbons (Fsp3) is 0. The number of amides is 1. The van der Waals surface area contributed by atoms with Crippen LogP contribution in [0.25, 0.3) is 11.0 Å². The van der Waals surface area contributed by atoms with Crippen molar-refractivity contribution in [3.63, 3.8) is 0 Å². The number of halogens is 2. The highest BCUT2D eigenvalue weighted by atomic mass is 127. The van der Waals surface area contributed by atoms with Crippen LogP contribution in [0.15, 0.2) is 36.4 Å². The first-order valence-electron chi connectivity index (χ1n) is 5.62. The molecule has 7 heteroatoms. The number of nitrogens with one attached hydrogen (secondary N) is 1. The van der Waals surface area contributed by atoms with Gasteiger partial charge in [-0.25, -0.2) is 4.39 Å². The molecule has 0 spiro atoms. The van der Waals surface area contributed by atoms with Gasteiger partial charge >= 0.3 is 0 Å². The first-order chi connectivity index (χ1) is 9.63. The monoisotopic (exact) mass is 399 g/mol. The van der Waals surface area contributed by atoms with E-state index in [1.54, 1.807) is 24.3 Å². The zero-order valence-electron chi connectivity index (χ0n) is 9.93. The van der Waals surface area contributed by atoms with Crippen LogP contribution in [0.1, 0.15) is 10.4 Å². The quantitative estimate of drug-likeness (QED) is 0.669. The molecule has 2 aromatic carbocycles. The van der Waals surface area contributed by atoms with Gasteiger partial charge in [-0.15, -0.1) is 0 Å². The smallest absolute Gasteiger partial charge is 0.255 e. The van der Waals surface area contributed by atoms with Crippen LogP contribution in [0.2, 0.25) is 0 Å². The molecule has 100 valence electrons. The average molecular weight is 399 g/mol. The molecule has 0 atom stereocenters. The maximum absolute atomic E-state index is 13.7. The number of anilines is 1. The summed E-state index contributed by atoms with van der Waals surface area (Å²) in [5.41, 5.74) is 1.98. The third-order valence-electron chi connectivity index (χ3n) is 2.70. The molecule has 0 saturated carbocycles. The Kier molecular flexibility index (Phi) is 3.62. The van der Waals surface area contributed by atoms with Gasteiger partial charge in [-0.1, -0.05) is 0 Å². The van der Waals surface area contributed by atoms with Crippen molar-refractivity contribution in [2.75, 3.05) is 5.32 Å². The summed E-state index contributed by atoms with van der Waals surface area (Å²) in [7, 11) is 0. The number of carbonyl (C=O) groups is 1. The second-order valence-corrected chi connectivity index (χ2v) is 5.82. The van der Waals surface area contributed by atoms with Crippen molar-refractivity contribution in [1.82, 2.24) is 8.75 Å². The largest absolute Gasteiger partial charge is 0.319 e. The van der Waals surface area contributed by atoms with Crippen LogP contribution in [-0.4, -0.2) is 14.7 Å². The number of rotatable bonds is 2. The zero-order chi connectivity index (χ0) is 14.1.